The molecule has 2 heterocycles. The molecule has 1 unspecified atom stereocenters. The lowest BCUT2D eigenvalue weighted by Gasteiger charge is -2.13. The minimum absolute atomic E-state index is 0.174. The van der Waals surface area contributed by atoms with E-state index in [-0.39, 0.29) is 6.79 Å². The standard InChI is InChI=1S/C13H11BrO4S/c1-16-10-2-7(3-11-13(10)18-6-17-11)12(15)8-4-19-5-9(8)14/h2-5,12,15H,6H2,1H3. The van der Waals surface area contributed by atoms with E-state index in [1.807, 2.05) is 10.8 Å². The Kier molecular flexibility index (Phi) is 3.38. The van der Waals surface area contributed by atoms with Gasteiger partial charge < -0.3 is 19.3 Å². The average Bonchev–Trinajstić information content (AvgIpc) is 3.04. The van der Waals surface area contributed by atoms with E-state index >= 15 is 0 Å². The van der Waals surface area contributed by atoms with Crippen LogP contribution in [0.15, 0.2) is 27.4 Å². The molecule has 1 aliphatic heterocycles. The van der Waals surface area contributed by atoms with Crippen LogP contribution in [0.1, 0.15) is 17.2 Å². The first-order valence-corrected chi connectivity index (χ1v) is 7.31. The molecule has 0 spiro atoms. The molecular formula is C13H11BrO4S. The maximum atomic E-state index is 10.4. The molecule has 2 aromatic rings. The molecule has 1 aromatic carbocycles. The van der Waals surface area contributed by atoms with Crippen LogP contribution in [0.5, 0.6) is 17.2 Å². The fraction of sp³-hybridized carbons (Fsp3) is 0.231. The van der Waals surface area contributed by atoms with Gasteiger partial charge in [0.25, 0.3) is 0 Å². The molecule has 0 aliphatic carbocycles. The smallest absolute Gasteiger partial charge is 0.231 e. The van der Waals surface area contributed by atoms with Crippen molar-refractivity contribution in [2.75, 3.05) is 13.9 Å². The number of rotatable bonds is 3. The fourth-order valence-corrected chi connectivity index (χ4v) is 3.51. The lowest BCUT2D eigenvalue weighted by atomic mass is 10.0. The number of aliphatic hydroxyl groups excluding tert-OH is 1. The highest BCUT2D eigenvalue weighted by Crippen LogP contribution is 2.44. The molecule has 1 aliphatic rings. The van der Waals surface area contributed by atoms with Crippen molar-refractivity contribution >= 4 is 27.3 Å². The number of thiophene rings is 1. The van der Waals surface area contributed by atoms with E-state index in [4.69, 9.17) is 14.2 Å². The third-order valence-corrected chi connectivity index (χ3v) is 4.68. The van der Waals surface area contributed by atoms with E-state index in [9.17, 15) is 5.11 Å². The Bertz CT molecular complexity index is 611. The van der Waals surface area contributed by atoms with Gasteiger partial charge in [0.2, 0.25) is 12.5 Å². The Balaban J connectivity index is 2.04. The summed E-state index contributed by atoms with van der Waals surface area (Å²) < 4.78 is 16.9. The molecule has 1 atom stereocenters. The summed E-state index contributed by atoms with van der Waals surface area (Å²) in [5.74, 6) is 1.75. The van der Waals surface area contributed by atoms with Gasteiger partial charge in [-0.1, -0.05) is 0 Å². The summed E-state index contributed by atoms with van der Waals surface area (Å²) in [6.45, 7) is 0.174. The molecule has 0 saturated heterocycles. The molecule has 0 fully saturated rings. The van der Waals surface area contributed by atoms with Crippen molar-refractivity contribution in [2.45, 2.75) is 6.10 Å². The molecule has 3 rings (SSSR count). The lowest BCUT2D eigenvalue weighted by Crippen LogP contribution is -2.00. The van der Waals surface area contributed by atoms with Crippen LogP contribution in [0.3, 0.4) is 0 Å². The predicted octanol–water partition coefficient (Wildman–Crippen LogP) is 3.33. The maximum absolute atomic E-state index is 10.4. The second-order valence-corrected chi connectivity index (χ2v) is 5.63. The Hall–Kier alpha value is -1.24. The fourth-order valence-electron chi connectivity index (χ4n) is 1.97. The molecule has 6 heteroatoms. The molecule has 0 bridgehead atoms. The van der Waals surface area contributed by atoms with Crippen molar-refractivity contribution < 1.29 is 19.3 Å². The number of halogens is 1. The zero-order chi connectivity index (χ0) is 13.4. The Labute approximate surface area is 122 Å². The van der Waals surface area contributed by atoms with Gasteiger partial charge in [-0.2, -0.15) is 11.3 Å². The molecule has 0 radical (unpaired) electrons. The Morgan fingerprint density at radius 3 is 2.89 bits per heavy atom. The summed E-state index contributed by atoms with van der Waals surface area (Å²) in [5, 5.41) is 14.3. The normalized spacial score (nSPS) is 14.5. The van der Waals surface area contributed by atoms with E-state index in [0.29, 0.717) is 22.8 Å². The van der Waals surface area contributed by atoms with Crippen molar-refractivity contribution in [3.63, 3.8) is 0 Å². The monoisotopic (exact) mass is 342 g/mol. The van der Waals surface area contributed by atoms with E-state index in [1.165, 1.54) is 11.3 Å². The molecule has 0 saturated carbocycles. The van der Waals surface area contributed by atoms with Crippen molar-refractivity contribution in [2.24, 2.45) is 0 Å². The maximum Gasteiger partial charge on any atom is 0.231 e. The van der Waals surface area contributed by atoms with Crippen molar-refractivity contribution in [3.8, 4) is 17.2 Å². The first-order chi connectivity index (χ1) is 9.20. The van der Waals surface area contributed by atoms with Gasteiger partial charge in [-0.05, 0) is 39.0 Å². The SMILES string of the molecule is COc1cc(C(O)c2cscc2Br)cc2c1OCO2. The van der Waals surface area contributed by atoms with Crippen LogP contribution in [-0.2, 0) is 0 Å². The van der Waals surface area contributed by atoms with Gasteiger partial charge in [0.15, 0.2) is 11.5 Å². The van der Waals surface area contributed by atoms with Crippen LogP contribution in [0.2, 0.25) is 0 Å². The second kappa shape index (κ2) is 5.03. The molecule has 1 N–H and O–H groups in total. The average molecular weight is 343 g/mol. The van der Waals surface area contributed by atoms with Gasteiger partial charge in [-0.15, -0.1) is 0 Å². The molecule has 0 amide bonds. The highest BCUT2D eigenvalue weighted by molar-refractivity contribution is 9.10. The lowest BCUT2D eigenvalue weighted by molar-refractivity contribution is 0.171. The van der Waals surface area contributed by atoms with E-state index in [2.05, 4.69) is 15.9 Å². The van der Waals surface area contributed by atoms with E-state index < -0.39 is 6.10 Å². The van der Waals surface area contributed by atoms with Crippen LogP contribution in [0.4, 0.5) is 0 Å². The van der Waals surface area contributed by atoms with Gasteiger partial charge in [-0.3, -0.25) is 0 Å². The topological polar surface area (TPSA) is 47.9 Å². The Morgan fingerprint density at radius 2 is 2.21 bits per heavy atom. The van der Waals surface area contributed by atoms with Gasteiger partial charge in [0.05, 0.1) is 7.11 Å². The number of fused-ring (bicyclic) bond motifs is 1. The van der Waals surface area contributed by atoms with Crippen LogP contribution >= 0.6 is 27.3 Å². The minimum Gasteiger partial charge on any atom is -0.493 e. The number of hydrogen-bond acceptors (Lipinski definition) is 5. The van der Waals surface area contributed by atoms with Crippen LogP contribution in [0.25, 0.3) is 0 Å². The zero-order valence-corrected chi connectivity index (χ0v) is 12.5. The first-order valence-electron chi connectivity index (χ1n) is 5.58. The molecule has 100 valence electrons. The molecule has 19 heavy (non-hydrogen) atoms. The highest BCUT2D eigenvalue weighted by atomic mass is 79.9. The number of hydrogen-bond donors (Lipinski definition) is 1. The third-order valence-electron chi connectivity index (χ3n) is 2.93. The number of aliphatic hydroxyl groups is 1. The van der Waals surface area contributed by atoms with E-state index in [0.717, 1.165) is 10.0 Å². The Morgan fingerprint density at radius 1 is 1.37 bits per heavy atom. The summed E-state index contributed by atoms with van der Waals surface area (Å²) in [7, 11) is 1.56. The molecule has 1 aromatic heterocycles. The quantitative estimate of drug-likeness (QED) is 0.929. The molecule has 4 nitrogen and oxygen atoms in total. The summed E-state index contributed by atoms with van der Waals surface area (Å²) >= 11 is 4.96. The third kappa shape index (κ3) is 2.20. The van der Waals surface area contributed by atoms with Crippen LogP contribution in [-0.4, -0.2) is 19.0 Å². The van der Waals surface area contributed by atoms with Gasteiger partial charge in [-0.25, -0.2) is 0 Å². The highest BCUT2D eigenvalue weighted by Gasteiger charge is 2.24. The van der Waals surface area contributed by atoms with Crippen LogP contribution in [0, 0.1) is 0 Å². The predicted molar refractivity (Wildman–Crippen MR) is 75.2 cm³/mol. The van der Waals surface area contributed by atoms with E-state index in [1.54, 1.807) is 19.2 Å². The number of ether oxygens (including phenoxy) is 3. The number of benzene rings is 1. The minimum atomic E-state index is -0.732. The van der Waals surface area contributed by atoms with Gasteiger partial charge in [0.1, 0.15) is 6.10 Å². The van der Waals surface area contributed by atoms with Crippen molar-refractivity contribution in [3.05, 3.63) is 38.5 Å². The summed E-state index contributed by atoms with van der Waals surface area (Å²) in [4.78, 5) is 0. The zero-order valence-electron chi connectivity index (χ0n) is 10.1. The van der Waals surface area contributed by atoms with Crippen molar-refractivity contribution in [1.82, 2.24) is 0 Å². The van der Waals surface area contributed by atoms with Crippen LogP contribution < -0.4 is 14.2 Å². The summed E-state index contributed by atoms with van der Waals surface area (Å²) in [5.41, 5.74) is 1.53. The second-order valence-electron chi connectivity index (χ2n) is 4.03. The molecular weight excluding hydrogens is 332 g/mol. The summed E-state index contributed by atoms with van der Waals surface area (Å²) in [6, 6.07) is 3.54. The first kappa shape index (κ1) is 12.8. The largest absolute Gasteiger partial charge is 0.493 e. The van der Waals surface area contributed by atoms with Gasteiger partial charge >= 0.3 is 0 Å². The summed E-state index contributed by atoms with van der Waals surface area (Å²) in [6.07, 6.45) is -0.732. The van der Waals surface area contributed by atoms with Gasteiger partial charge in [0, 0.05) is 15.4 Å². The number of methoxy groups -OCH3 is 1. The van der Waals surface area contributed by atoms with Crippen molar-refractivity contribution in [1.29, 1.82) is 0 Å².